The molecule has 6 nitrogen and oxygen atoms in total. The monoisotopic (exact) mass is 216 g/mol. The van der Waals surface area contributed by atoms with Crippen LogP contribution >= 0.6 is 0 Å². The van der Waals surface area contributed by atoms with E-state index < -0.39 is 53.3 Å². The molecule has 6 heteroatoms. The molecule has 0 aliphatic carbocycles. The van der Waals surface area contributed by atoms with Crippen LogP contribution in [-0.4, -0.2) is 32.4 Å². The molecule has 0 aromatic heterocycles. The minimum absolute atomic E-state index is 0.620. The molecule has 82 valence electrons. The van der Waals surface area contributed by atoms with Crippen LogP contribution in [0.5, 0.6) is 11.5 Å². The van der Waals surface area contributed by atoms with Crippen molar-refractivity contribution in [3.8, 4) is 11.5 Å². The van der Waals surface area contributed by atoms with Gasteiger partial charge in [0.25, 0.3) is 0 Å². The lowest BCUT2D eigenvalue weighted by molar-refractivity contribution is -0.141. The van der Waals surface area contributed by atoms with Gasteiger partial charge in [-0.3, -0.25) is 4.79 Å². The predicted molar refractivity (Wildman–Crippen MR) is 50.3 cm³/mol. The second-order valence-corrected chi connectivity index (χ2v) is 2.79. The first kappa shape index (κ1) is 7.49. The number of hydrogen-bond acceptors (Lipinski definition) is 5. The van der Waals surface area contributed by atoms with Crippen molar-refractivity contribution in [1.82, 2.24) is 0 Å². The van der Waals surface area contributed by atoms with Crippen molar-refractivity contribution in [2.45, 2.75) is 12.1 Å². The van der Waals surface area contributed by atoms with E-state index >= 15 is 0 Å². The lowest BCUT2D eigenvalue weighted by Crippen LogP contribution is -2.36. The van der Waals surface area contributed by atoms with Gasteiger partial charge < -0.3 is 26.2 Å². The van der Waals surface area contributed by atoms with Crippen LogP contribution < -0.4 is 5.73 Å². The third kappa shape index (κ3) is 2.36. The van der Waals surface area contributed by atoms with Gasteiger partial charge in [-0.05, 0) is 17.6 Å². The van der Waals surface area contributed by atoms with Crippen LogP contribution in [0.3, 0.4) is 0 Å². The van der Waals surface area contributed by atoms with E-state index in [9.17, 15) is 20.1 Å². The number of hydrogen-bond donors (Lipinski definition) is 5. The van der Waals surface area contributed by atoms with E-state index in [-0.39, 0.29) is 0 Å². The fraction of sp³-hybridized carbons (Fsp3) is 0.222. The lowest BCUT2D eigenvalue weighted by atomic mass is 10.0. The molecule has 2 atom stereocenters. The number of benzene rings is 1. The predicted octanol–water partition coefficient (Wildman–Crippen LogP) is -0.457. The van der Waals surface area contributed by atoms with Crippen LogP contribution in [0, 0.1) is 0 Å². The minimum atomic E-state index is -1.95. The molecule has 0 saturated carbocycles. The summed E-state index contributed by atoms with van der Waals surface area (Å²) in [5.74, 6) is -3.56. The van der Waals surface area contributed by atoms with Crippen LogP contribution in [0.15, 0.2) is 18.1 Å². The van der Waals surface area contributed by atoms with Crippen LogP contribution in [0.25, 0.3) is 0 Å². The summed E-state index contributed by atoms with van der Waals surface area (Å²) in [6.07, 6.45) is -1.95. The standard InChI is InChI=1S/C9H11NO5/c10-7(9(14)15)8(13)4-1-2-5(11)6(12)3-4/h1-3,7-8,11-13H,10H2,(H,14,15)/t7-,8+/m1/s1/i1D,2D,3D. The Bertz CT molecular complexity index is 478. The van der Waals surface area contributed by atoms with Crippen LogP contribution in [-0.2, 0) is 4.79 Å². The highest BCUT2D eigenvalue weighted by molar-refractivity contribution is 5.74. The fourth-order valence-corrected chi connectivity index (χ4v) is 0.866. The van der Waals surface area contributed by atoms with E-state index in [0.717, 1.165) is 0 Å². The summed E-state index contributed by atoms with van der Waals surface area (Å²) < 4.78 is 22.2. The molecule has 1 aromatic rings. The number of aromatic hydroxyl groups is 2. The average Bonchev–Trinajstić information content (AvgIpc) is 2.32. The Morgan fingerprint density at radius 1 is 1.40 bits per heavy atom. The molecule has 0 aliphatic heterocycles. The molecule has 0 unspecified atom stereocenters. The maximum absolute atomic E-state index is 10.6. The van der Waals surface area contributed by atoms with Gasteiger partial charge in [-0.2, -0.15) is 0 Å². The summed E-state index contributed by atoms with van der Waals surface area (Å²) >= 11 is 0. The van der Waals surface area contributed by atoms with Crippen LogP contribution in [0.2, 0.25) is 0 Å². The molecule has 0 amide bonds. The third-order valence-corrected chi connectivity index (χ3v) is 1.71. The van der Waals surface area contributed by atoms with Gasteiger partial charge in [0, 0.05) is 0 Å². The second-order valence-electron chi connectivity index (χ2n) is 2.79. The number of aliphatic carboxylic acids is 1. The summed E-state index contributed by atoms with van der Waals surface area (Å²) in [6.45, 7) is 0. The Morgan fingerprint density at radius 3 is 2.53 bits per heavy atom. The zero-order chi connectivity index (χ0) is 14.2. The maximum Gasteiger partial charge on any atom is 0.323 e. The first-order valence-electron chi connectivity index (χ1n) is 5.38. The summed E-state index contributed by atoms with van der Waals surface area (Å²) in [5.41, 5.74) is 4.53. The molecule has 0 fully saturated rings. The largest absolute Gasteiger partial charge is 0.504 e. The second kappa shape index (κ2) is 4.16. The number of carboxylic acid groups (broad SMARTS) is 1. The molecule has 1 rings (SSSR count). The zero-order valence-electron chi connectivity index (χ0n) is 10.4. The Hall–Kier alpha value is -1.79. The lowest BCUT2D eigenvalue weighted by Gasteiger charge is -2.15. The summed E-state index contributed by atoms with van der Waals surface area (Å²) in [5, 5.41) is 36.8. The summed E-state index contributed by atoms with van der Waals surface area (Å²) in [4.78, 5) is 10.6. The number of carboxylic acids is 1. The molecule has 0 aliphatic rings. The van der Waals surface area contributed by atoms with Gasteiger partial charge in [0.1, 0.15) is 12.1 Å². The zero-order valence-corrected chi connectivity index (χ0v) is 7.43. The quantitative estimate of drug-likeness (QED) is 0.436. The van der Waals surface area contributed by atoms with Crippen molar-refractivity contribution in [3.05, 3.63) is 23.7 Å². The Labute approximate surface area is 89.4 Å². The number of phenols is 2. The van der Waals surface area contributed by atoms with E-state index in [0.29, 0.717) is 0 Å². The van der Waals surface area contributed by atoms with E-state index in [1.54, 1.807) is 0 Å². The van der Waals surface area contributed by atoms with E-state index in [1.807, 2.05) is 0 Å². The van der Waals surface area contributed by atoms with Crippen molar-refractivity contribution >= 4 is 5.97 Å². The molecule has 0 heterocycles. The molecule has 15 heavy (non-hydrogen) atoms. The van der Waals surface area contributed by atoms with Gasteiger partial charge in [0.15, 0.2) is 11.5 Å². The summed E-state index contributed by atoms with van der Waals surface area (Å²) in [6, 6.07) is -4.24. The van der Waals surface area contributed by atoms with Crippen molar-refractivity contribution in [1.29, 1.82) is 0 Å². The molecule has 0 saturated heterocycles. The molecule has 1 aromatic carbocycles. The Balaban J connectivity index is 3.46. The van der Waals surface area contributed by atoms with Gasteiger partial charge in [-0.25, -0.2) is 0 Å². The number of phenolic OH excluding ortho intramolecular Hbond substituents is 2. The smallest absolute Gasteiger partial charge is 0.323 e. The van der Waals surface area contributed by atoms with Crippen LogP contribution in [0.4, 0.5) is 0 Å². The van der Waals surface area contributed by atoms with Crippen molar-refractivity contribution in [2.24, 2.45) is 5.73 Å². The van der Waals surface area contributed by atoms with E-state index in [1.165, 1.54) is 0 Å². The molecule has 0 bridgehead atoms. The number of rotatable bonds is 3. The van der Waals surface area contributed by atoms with Gasteiger partial charge in [-0.15, -0.1) is 0 Å². The van der Waals surface area contributed by atoms with Crippen molar-refractivity contribution in [2.75, 3.05) is 0 Å². The maximum atomic E-state index is 10.6. The molecule has 0 spiro atoms. The molecule has 6 N–H and O–H groups in total. The number of nitrogens with two attached hydrogens (primary N) is 1. The topological polar surface area (TPSA) is 124 Å². The Kier molecular flexibility index (Phi) is 2.08. The minimum Gasteiger partial charge on any atom is -0.504 e. The number of aliphatic hydroxyl groups excluding tert-OH is 1. The van der Waals surface area contributed by atoms with E-state index in [4.69, 9.17) is 15.0 Å². The fourth-order valence-electron chi connectivity index (χ4n) is 0.866. The van der Waals surface area contributed by atoms with Gasteiger partial charge in [0.05, 0.1) is 4.11 Å². The Morgan fingerprint density at radius 2 is 2.00 bits per heavy atom. The highest BCUT2D eigenvalue weighted by Crippen LogP contribution is 2.28. The van der Waals surface area contributed by atoms with Gasteiger partial charge >= 0.3 is 5.97 Å². The number of carbonyl (C=O) groups is 1. The average molecular weight is 216 g/mol. The van der Waals surface area contributed by atoms with Gasteiger partial charge in [-0.1, -0.05) is 6.04 Å². The first-order valence-corrected chi connectivity index (χ1v) is 3.88. The van der Waals surface area contributed by atoms with Crippen molar-refractivity contribution in [3.63, 3.8) is 0 Å². The van der Waals surface area contributed by atoms with Gasteiger partial charge in [0.2, 0.25) is 0 Å². The normalized spacial score (nSPS) is 17.3. The highest BCUT2D eigenvalue weighted by Gasteiger charge is 2.24. The summed E-state index contributed by atoms with van der Waals surface area (Å²) in [7, 11) is 0. The van der Waals surface area contributed by atoms with Crippen LogP contribution in [0.1, 0.15) is 15.8 Å². The molecule has 0 radical (unpaired) electrons. The van der Waals surface area contributed by atoms with E-state index in [2.05, 4.69) is 0 Å². The van der Waals surface area contributed by atoms with Crippen molar-refractivity contribution < 1.29 is 29.3 Å². The molecular weight excluding hydrogens is 202 g/mol. The molecular formula is C9H11NO5. The first-order chi connectivity index (χ1) is 8.20. The number of aliphatic hydroxyl groups is 1. The highest BCUT2D eigenvalue weighted by atomic mass is 16.4. The third-order valence-electron chi connectivity index (χ3n) is 1.71. The SMILES string of the molecule is [2H]c1c([2H])c([C@H](O)[C@@H](N)C(=O)O)c([2H])c(O)c1O.